The lowest BCUT2D eigenvalue weighted by molar-refractivity contribution is 0.0696. The highest BCUT2D eigenvalue weighted by atomic mass is 79.9. The zero-order valence-electron chi connectivity index (χ0n) is 11.1. The van der Waals surface area contributed by atoms with E-state index in [4.69, 9.17) is 0 Å². The minimum atomic E-state index is -0.957. The Kier molecular flexibility index (Phi) is 3.75. The largest absolute Gasteiger partial charge is 0.478 e. The third-order valence-corrected chi connectivity index (χ3v) is 3.71. The molecule has 0 saturated carbocycles. The van der Waals surface area contributed by atoms with Gasteiger partial charge in [-0.15, -0.1) is 0 Å². The van der Waals surface area contributed by atoms with Crippen LogP contribution >= 0.6 is 15.9 Å². The van der Waals surface area contributed by atoms with Crippen molar-refractivity contribution in [1.82, 2.24) is 9.78 Å². The van der Waals surface area contributed by atoms with Crippen LogP contribution in [0.2, 0.25) is 0 Å². The van der Waals surface area contributed by atoms with Gasteiger partial charge in [-0.25, -0.2) is 9.48 Å². The molecule has 0 aliphatic carbocycles. The molecular formula is C14H15BrN2O2. The number of nitrogens with zero attached hydrogens (tertiary/aromatic N) is 2. The Morgan fingerprint density at radius 1 is 1.42 bits per heavy atom. The molecule has 1 N–H and O–H groups in total. The molecule has 0 aliphatic heterocycles. The maximum atomic E-state index is 11.4. The normalized spacial score (nSPS) is 10.7. The van der Waals surface area contributed by atoms with Crippen LogP contribution < -0.4 is 0 Å². The molecule has 0 fully saturated rings. The van der Waals surface area contributed by atoms with E-state index in [1.807, 2.05) is 19.9 Å². The smallest absolute Gasteiger partial charge is 0.337 e. The zero-order chi connectivity index (χ0) is 14.2. The molecule has 0 radical (unpaired) electrons. The molecule has 0 atom stereocenters. The number of carboxylic acids is 1. The quantitative estimate of drug-likeness (QED) is 0.940. The maximum Gasteiger partial charge on any atom is 0.337 e. The summed E-state index contributed by atoms with van der Waals surface area (Å²) in [5.41, 5.74) is 3.93. The second-order valence-electron chi connectivity index (χ2n) is 4.38. The second kappa shape index (κ2) is 5.17. The summed E-state index contributed by atoms with van der Waals surface area (Å²) in [6, 6.07) is 5.19. The molecule has 1 heterocycles. The number of carbonyl (C=O) groups is 1. The van der Waals surface area contributed by atoms with E-state index in [0.717, 1.165) is 22.3 Å². The fraction of sp³-hybridized carbons (Fsp3) is 0.286. The molecule has 5 heteroatoms. The van der Waals surface area contributed by atoms with Gasteiger partial charge in [0.05, 0.1) is 16.9 Å². The summed E-state index contributed by atoms with van der Waals surface area (Å²) in [6.45, 7) is 5.98. The predicted molar refractivity (Wildman–Crippen MR) is 77.1 cm³/mol. The average Bonchev–Trinajstić information content (AvgIpc) is 2.64. The Morgan fingerprint density at radius 3 is 2.63 bits per heavy atom. The first-order valence-corrected chi connectivity index (χ1v) is 6.83. The van der Waals surface area contributed by atoms with Crippen LogP contribution in [-0.4, -0.2) is 20.9 Å². The van der Waals surface area contributed by atoms with Crippen molar-refractivity contribution in [2.24, 2.45) is 0 Å². The molecule has 100 valence electrons. The van der Waals surface area contributed by atoms with Gasteiger partial charge in [-0.2, -0.15) is 5.10 Å². The number of hydrogen-bond donors (Lipinski definition) is 1. The van der Waals surface area contributed by atoms with E-state index in [2.05, 4.69) is 28.0 Å². The summed E-state index contributed by atoms with van der Waals surface area (Å²) in [5, 5.41) is 13.8. The van der Waals surface area contributed by atoms with Crippen LogP contribution in [0.5, 0.6) is 0 Å². The first-order chi connectivity index (χ1) is 8.95. The minimum absolute atomic E-state index is 0.239. The molecule has 2 rings (SSSR count). The van der Waals surface area contributed by atoms with Gasteiger partial charge < -0.3 is 5.11 Å². The zero-order valence-corrected chi connectivity index (χ0v) is 12.7. The van der Waals surface area contributed by atoms with Crippen LogP contribution in [0.1, 0.15) is 34.2 Å². The lowest BCUT2D eigenvalue weighted by Crippen LogP contribution is -2.08. The molecule has 2 aromatic rings. The van der Waals surface area contributed by atoms with Gasteiger partial charge in [0.25, 0.3) is 0 Å². The van der Waals surface area contributed by atoms with Gasteiger partial charge in [-0.05, 0) is 44.0 Å². The Bertz CT molecular complexity index is 647. The summed E-state index contributed by atoms with van der Waals surface area (Å²) in [6.07, 6.45) is 0.886. The van der Waals surface area contributed by atoms with E-state index in [1.54, 1.807) is 16.8 Å². The van der Waals surface area contributed by atoms with Crippen LogP contribution in [0, 0.1) is 13.8 Å². The Labute approximate surface area is 120 Å². The summed E-state index contributed by atoms with van der Waals surface area (Å²) >= 11 is 3.30. The fourth-order valence-corrected chi connectivity index (χ4v) is 2.65. The van der Waals surface area contributed by atoms with Gasteiger partial charge >= 0.3 is 5.97 Å². The summed E-state index contributed by atoms with van der Waals surface area (Å²) in [5.74, 6) is -0.957. The van der Waals surface area contributed by atoms with Gasteiger partial charge in [0, 0.05) is 10.2 Å². The van der Waals surface area contributed by atoms with Crippen LogP contribution in [0.25, 0.3) is 5.69 Å². The third-order valence-electron chi connectivity index (χ3n) is 3.21. The average molecular weight is 323 g/mol. The standard InChI is InChI=1S/C14H15BrN2O2/c1-4-11-8(2)16-17(9(11)3)13-6-5-10(15)7-12(13)14(18)19/h5-7H,4H2,1-3H3,(H,18,19). The molecule has 1 aromatic heterocycles. The number of hydrogen-bond acceptors (Lipinski definition) is 2. The number of aromatic carboxylic acids is 1. The van der Waals surface area contributed by atoms with Gasteiger partial charge in [0.2, 0.25) is 0 Å². The SMILES string of the molecule is CCc1c(C)nn(-c2ccc(Br)cc2C(=O)O)c1C. The van der Waals surface area contributed by atoms with Crippen LogP contribution in [0.3, 0.4) is 0 Å². The van der Waals surface area contributed by atoms with Crippen molar-refractivity contribution in [3.63, 3.8) is 0 Å². The molecule has 0 saturated heterocycles. The van der Waals surface area contributed by atoms with Crippen molar-refractivity contribution in [2.75, 3.05) is 0 Å². The molecule has 0 spiro atoms. The van der Waals surface area contributed by atoms with Crippen LogP contribution in [0.4, 0.5) is 0 Å². The van der Waals surface area contributed by atoms with E-state index in [9.17, 15) is 9.90 Å². The Morgan fingerprint density at radius 2 is 2.11 bits per heavy atom. The Hall–Kier alpha value is -1.62. The van der Waals surface area contributed by atoms with E-state index in [1.165, 1.54) is 5.56 Å². The first-order valence-electron chi connectivity index (χ1n) is 6.04. The van der Waals surface area contributed by atoms with Crippen molar-refractivity contribution in [2.45, 2.75) is 27.2 Å². The number of rotatable bonds is 3. The first kappa shape index (κ1) is 13.8. The number of benzene rings is 1. The van der Waals surface area contributed by atoms with Gasteiger partial charge in [-0.3, -0.25) is 0 Å². The Balaban J connectivity index is 2.69. The number of halogens is 1. The van der Waals surface area contributed by atoms with Gasteiger partial charge in [-0.1, -0.05) is 22.9 Å². The number of aromatic nitrogens is 2. The molecule has 0 aliphatic rings. The second-order valence-corrected chi connectivity index (χ2v) is 5.30. The molecule has 1 aromatic carbocycles. The summed E-state index contributed by atoms with van der Waals surface area (Å²) in [7, 11) is 0. The van der Waals surface area contributed by atoms with Crippen molar-refractivity contribution in [3.05, 3.63) is 45.2 Å². The van der Waals surface area contributed by atoms with Gasteiger partial charge in [0.1, 0.15) is 0 Å². The van der Waals surface area contributed by atoms with E-state index >= 15 is 0 Å². The van der Waals surface area contributed by atoms with E-state index in [0.29, 0.717) is 5.69 Å². The molecule has 19 heavy (non-hydrogen) atoms. The highest BCUT2D eigenvalue weighted by molar-refractivity contribution is 9.10. The highest BCUT2D eigenvalue weighted by Gasteiger charge is 2.17. The van der Waals surface area contributed by atoms with Crippen molar-refractivity contribution in [1.29, 1.82) is 0 Å². The number of aryl methyl sites for hydroxylation is 1. The van der Waals surface area contributed by atoms with Crippen LogP contribution in [-0.2, 0) is 6.42 Å². The molecule has 0 unspecified atom stereocenters. The molecule has 4 nitrogen and oxygen atoms in total. The highest BCUT2D eigenvalue weighted by Crippen LogP contribution is 2.24. The maximum absolute atomic E-state index is 11.4. The van der Waals surface area contributed by atoms with E-state index < -0.39 is 5.97 Å². The molecule has 0 amide bonds. The fourth-order valence-electron chi connectivity index (χ4n) is 2.29. The summed E-state index contributed by atoms with van der Waals surface area (Å²) < 4.78 is 2.45. The van der Waals surface area contributed by atoms with E-state index in [-0.39, 0.29) is 5.56 Å². The third kappa shape index (κ3) is 2.42. The molecule has 0 bridgehead atoms. The topological polar surface area (TPSA) is 55.1 Å². The lowest BCUT2D eigenvalue weighted by Gasteiger charge is -2.09. The lowest BCUT2D eigenvalue weighted by atomic mass is 10.1. The van der Waals surface area contributed by atoms with Crippen molar-refractivity contribution >= 4 is 21.9 Å². The minimum Gasteiger partial charge on any atom is -0.478 e. The predicted octanol–water partition coefficient (Wildman–Crippen LogP) is 3.51. The van der Waals surface area contributed by atoms with Crippen LogP contribution in [0.15, 0.2) is 22.7 Å². The van der Waals surface area contributed by atoms with Crippen molar-refractivity contribution in [3.8, 4) is 5.69 Å². The van der Waals surface area contributed by atoms with Gasteiger partial charge in [0.15, 0.2) is 0 Å². The van der Waals surface area contributed by atoms with Crippen molar-refractivity contribution < 1.29 is 9.90 Å². The monoisotopic (exact) mass is 322 g/mol. The molecular weight excluding hydrogens is 308 g/mol. The summed E-state index contributed by atoms with van der Waals surface area (Å²) in [4.78, 5) is 11.4. The number of carboxylic acid groups (broad SMARTS) is 1.